The van der Waals surface area contributed by atoms with Gasteiger partial charge < -0.3 is 29.2 Å². The van der Waals surface area contributed by atoms with Gasteiger partial charge in [0.05, 0.1) is 55.2 Å². The molecular weight excluding hydrogens is 555 g/mol. The lowest BCUT2D eigenvalue weighted by Gasteiger charge is -2.39. The van der Waals surface area contributed by atoms with Crippen molar-refractivity contribution in [3.05, 3.63) is 74.2 Å². The molecule has 1 N–H and O–H groups in total. The van der Waals surface area contributed by atoms with Crippen LogP contribution in [-0.4, -0.2) is 45.0 Å². The van der Waals surface area contributed by atoms with E-state index in [0.717, 1.165) is 17.5 Å². The second kappa shape index (κ2) is 11.9. The van der Waals surface area contributed by atoms with Crippen LogP contribution in [0.25, 0.3) is 0 Å². The smallest absolute Gasteiger partial charge is 0.174 e. The molecule has 3 aromatic carbocycles. The first kappa shape index (κ1) is 27.5. The molecule has 4 rings (SSSR count). The fourth-order valence-electron chi connectivity index (χ4n) is 4.53. The fraction of sp³-hybridized carbons (Fsp3) is 0.296. The Morgan fingerprint density at radius 1 is 0.838 bits per heavy atom. The van der Waals surface area contributed by atoms with Gasteiger partial charge in [0, 0.05) is 6.54 Å². The van der Waals surface area contributed by atoms with Gasteiger partial charge in [-0.15, -0.1) is 0 Å². The number of hydrogen-bond donors (Lipinski definition) is 1. The minimum atomic E-state index is -0.108. The monoisotopic (exact) mass is 580 g/mol. The van der Waals surface area contributed by atoms with Gasteiger partial charge in [-0.1, -0.05) is 40.9 Å². The summed E-state index contributed by atoms with van der Waals surface area (Å²) in [5.41, 5.74) is 3.92. The molecule has 10 heteroatoms. The average molecular weight is 582 g/mol. The fourth-order valence-corrected chi connectivity index (χ4v) is 5.45. The molecule has 0 radical (unpaired) electrons. The van der Waals surface area contributed by atoms with Crippen LogP contribution in [0.4, 0.5) is 5.69 Å². The maximum atomic E-state index is 6.43. The van der Waals surface area contributed by atoms with Crippen molar-refractivity contribution in [2.45, 2.75) is 18.9 Å². The van der Waals surface area contributed by atoms with E-state index < -0.39 is 0 Å². The third-order valence-corrected chi connectivity index (χ3v) is 7.76. The second-order valence-electron chi connectivity index (χ2n) is 8.43. The van der Waals surface area contributed by atoms with E-state index in [1.165, 1.54) is 5.56 Å². The van der Waals surface area contributed by atoms with Gasteiger partial charge in [-0.3, -0.25) is 0 Å². The first-order chi connectivity index (χ1) is 17.8. The summed E-state index contributed by atoms with van der Waals surface area (Å²) in [6.07, 6.45) is 1.43. The lowest BCUT2D eigenvalue weighted by molar-refractivity contribution is 0.295. The van der Waals surface area contributed by atoms with E-state index in [1.807, 2.05) is 30.3 Å². The van der Waals surface area contributed by atoms with Gasteiger partial charge >= 0.3 is 0 Å². The van der Waals surface area contributed by atoms with E-state index in [-0.39, 0.29) is 6.04 Å². The molecule has 0 aromatic heterocycles. The van der Waals surface area contributed by atoms with Crippen LogP contribution in [0.5, 0.6) is 23.0 Å². The van der Waals surface area contributed by atoms with Crippen molar-refractivity contribution in [1.29, 1.82) is 0 Å². The highest BCUT2D eigenvalue weighted by Gasteiger charge is 2.31. The lowest BCUT2D eigenvalue weighted by atomic mass is 9.88. The van der Waals surface area contributed by atoms with Gasteiger partial charge in [-0.2, -0.15) is 0 Å². The molecule has 0 bridgehead atoms. The van der Waals surface area contributed by atoms with E-state index in [1.54, 1.807) is 40.6 Å². The van der Waals surface area contributed by atoms with Crippen molar-refractivity contribution in [3.63, 3.8) is 0 Å². The Bertz CT molecular complexity index is 1320. The van der Waals surface area contributed by atoms with Crippen LogP contribution in [0.3, 0.4) is 0 Å². The SMILES string of the molecule is COc1ccc(C[C@H]2c3cc(OC)c(OC)cc3CCN2C(=S)Nc2cc(Cl)c(Cl)cc2Cl)cc1OC. The van der Waals surface area contributed by atoms with E-state index in [4.69, 9.17) is 66.0 Å². The summed E-state index contributed by atoms with van der Waals surface area (Å²) in [6.45, 7) is 0.686. The summed E-state index contributed by atoms with van der Waals surface area (Å²) >= 11 is 24.7. The van der Waals surface area contributed by atoms with Crippen LogP contribution in [0.15, 0.2) is 42.5 Å². The third kappa shape index (κ3) is 5.80. The highest BCUT2D eigenvalue weighted by Crippen LogP contribution is 2.41. The predicted molar refractivity (Wildman–Crippen MR) is 154 cm³/mol. The number of nitrogens with zero attached hydrogens (tertiary/aromatic N) is 1. The van der Waals surface area contributed by atoms with Crippen molar-refractivity contribution in [1.82, 2.24) is 4.90 Å². The molecule has 1 atom stereocenters. The summed E-state index contributed by atoms with van der Waals surface area (Å²) in [5, 5.41) is 4.98. The molecule has 0 aliphatic carbocycles. The van der Waals surface area contributed by atoms with Crippen LogP contribution >= 0.6 is 47.0 Å². The molecule has 0 amide bonds. The number of nitrogens with one attached hydrogen (secondary N) is 1. The van der Waals surface area contributed by atoms with Gasteiger partial charge in [-0.25, -0.2) is 0 Å². The quantitative estimate of drug-likeness (QED) is 0.233. The molecule has 0 unspecified atom stereocenters. The Morgan fingerprint density at radius 2 is 1.46 bits per heavy atom. The van der Waals surface area contributed by atoms with Gasteiger partial charge in [0.2, 0.25) is 0 Å². The van der Waals surface area contributed by atoms with Gasteiger partial charge in [0.25, 0.3) is 0 Å². The maximum Gasteiger partial charge on any atom is 0.174 e. The number of thiocarbonyl (C=S) groups is 1. The Morgan fingerprint density at radius 3 is 2.14 bits per heavy atom. The molecule has 0 spiro atoms. The number of anilines is 1. The summed E-state index contributed by atoms with van der Waals surface area (Å²) in [6, 6.07) is 13.2. The molecule has 1 aliphatic heterocycles. The third-order valence-electron chi connectivity index (χ3n) is 6.39. The first-order valence-electron chi connectivity index (χ1n) is 11.5. The minimum absolute atomic E-state index is 0.108. The van der Waals surface area contributed by atoms with Crippen molar-refractivity contribution in [2.24, 2.45) is 0 Å². The molecule has 3 aromatic rings. The molecule has 37 heavy (non-hydrogen) atoms. The largest absolute Gasteiger partial charge is 0.493 e. The Balaban J connectivity index is 1.74. The zero-order valence-corrected chi connectivity index (χ0v) is 23.9. The number of fused-ring (bicyclic) bond motifs is 1. The maximum absolute atomic E-state index is 6.43. The normalized spacial score (nSPS) is 14.6. The standard InChI is InChI=1S/C27H27Cl3N2O4S/c1-33-23-6-5-15(10-24(23)34-2)9-22-17-12-26(36-4)25(35-3)11-16(17)7-8-32(22)27(37)31-21-14-19(29)18(28)13-20(21)30/h5-6,10-14,22H,7-9H2,1-4H3,(H,31,37)/t22-/m0/s1. The van der Waals surface area contributed by atoms with Gasteiger partial charge in [-0.05, 0) is 78.1 Å². The number of methoxy groups -OCH3 is 4. The minimum Gasteiger partial charge on any atom is -0.493 e. The van der Waals surface area contributed by atoms with Gasteiger partial charge in [0.15, 0.2) is 28.1 Å². The number of rotatable bonds is 7. The zero-order chi connectivity index (χ0) is 26.7. The number of hydrogen-bond acceptors (Lipinski definition) is 5. The molecule has 1 heterocycles. The Kier molecular flexibility index (Phi) is 8.80. The number of ether oxygens (including phenoxy) is 4. The van der Waals surface area contributed by atoms with E-state index >= 15 is 0 Å². The molecular formula is C27H27Cl3N2O4S. The van der Waals surface area contributed by atoms with Crippen molar-refractivity contribution in [3.8, 4) is 23.0 Å². The highest BCUT2D eigenvalue weighted by atomic mass is 35.5. The molecule has 196 valence electrons. The van der Waals surface area contributed by atoms with Crippen LogP contribution < -0.4 is 24.3 Å². The Hall–Kier alpha value is -2.58. The van der Waals surface area contributed by atoms with Crippen molar-refractivity contribution >= 4 is 57.8 Å². The lowest BCUT2D eigenvalue weighted by Crippen LogP contribution is -2.43. The van der Waals surface area contributed by atoms with Crippen LogP contribution in [0.2, 0.25) is 15.1 Å². The van der Waals surface area contributed by atoms with Gasteiger partial charge in [0.1, 0.15) is 0 Å². The summed E-state index contributed by atoms with van der Waals surface area (Å²) in [4.78, 5) is 2.15. The predicted octanol–water partition coefficient (Wildman–Crippen LogP) is 7.22. The van der Waals surface area contributed by atoms with Crippen molar-refractivity contribution in [2.75, 3.05) is 40.3 Å². The number of halogens is 3. The van der Waals surface area contributed by atoms with Crippen molar-refractivity contribution < 1.29 is 18.9 Å². The summed E-state index contributed by atoms with van der Waals surface area (Å²) in [5.74, 6) is 2.69. The van der Waals surface area contributed by atoms with Crippen LogP contribution in [-0.2, 0) is 12.8 Å². The zero-order valence-electron chi connectivity index (χ0n) is 20.9. The molecule has 0 saturated carbocycles. The summed E-state index contributed by atoms with van der Waals surface area (Å²) in [7, 11) is 6.52. The number of benzene rings is 3. The van der Waals surface area contributed by atoms with Crippen LogP contribution in [0, 0.1) is 0 Å². The molecule has 0 saturated heterocycles. The molecule has 0 fully saturated rings. The highest BCUT2D eigenvalue weighted by molar-refractivity contribution is 7.80. The summed E-state index contributed by atoms with van der Waals surface area (Å²) < 4.78 is 22.1. The van der Waals surface area contributed by atoms with E-state index in [0.29, 0.717) is 61.8 Å². The molecule has 6 nitrogen and oxygen atoms in total. The van der Waals surface area contributed by atoms with E-state index in [2.05, 4.69) is 10.2 Å². The molecule has 1 aliphatic rings. The first-order valence-corrected chi connectivity index (χ1v) is 13.0. The average Bonchev–Trinajstić information content (AvgIpc) is 2.90. The van der Waals surface area contributed by atoms with E-state index in [9.17, 15) is 0 Å². The second-order valence-corrected chi connectivity index (χ2v) is 10.0. The Labute approximate surface area is 237 Å². The van der Waals surface area contributed by atoms with Crippen LogP contribution in [0.1, 0.15) is 22.7 Å². The topological polar surface area (TPSA) is 52.2 Å².